The van der Waals surface area contributed by atoms with Crippen LogP contribution in [0.3, 0.4) is 0 Å². The number of aromatic nitrogens is 2. The maximum Gasteiger partial charge on any atom is 0.248 e. The van der Waals surface area contributed by atoms with Gasteiger partial charge in [0.1, 0.15) is 0 Å². The number of rotatable bonds is 5. The summed E-state index contributed by atoms with van der Waals surface area (Å²) < 4.78 is 27.5. The molecule has 0 unspecified atom stereocenters. The smallest absolute Gasteiger partial charge is 0.248 e. The number of carbonyl (C=O) groups is 1. The molecule has 0 saturated carbocycles. The Bertz CT molecular complexity index is 927. The first-order valence-corrected chi connectivity index (χ1v) is 9.06. The number of hydrogen-bond acceptors (Lipinski definition) is 4. The van der Waals surface area contributed by atoms with E-state index in [-0.39, 0.29) is 10.8 Å². The average molecular weight is 362 g/mol. The fraction of sp³-hybridized carbons (Fsp3) is 0.294. The minimum absolute atomic E-state index is 0.145. The normalized spacial score (nSPS) is 12.1. The molecule has 8 heteroatoms. The third kappa shape index (κ3) is 4.34. The predicted octanol–water partition coefficient (Wildman–Crippen LogP) is 1.94. The molecule has 0 fully saturated rings. The zero-order valence-corrected chi connectivity index (χ0v) is 15.8. The molecular weight excluding hydrogens is 340 g/mol. The van der Waals surface area contributed by atoms with Crippen LogP contribution < -0.4 is 5.32 Å². The molecule has 0 atom stereocenters. The van der Waals surface area contributed by atoms with E-state index < -0.39 is 10.0 Å². The van der Waals surface area contributed by atoms with Crippen molar-refractivity contribution in [2.45, 2.75) is 18.7 Å². The number of hydrogen-bond donors (Lipinski definition) is 1. The van der Waals surface area contributed by atoms with Gasteiger partial charge in [-0.1, -0.05) is 0 Å². The van der Waals surface area contributed by atoms with Crippen molar-refractivity contribution in [2.75, 3.05) is 19.4 Å². The standard InChI is InChI=1S/C17H22N4O3S/c1-12-8-15(25(23,24)20(3)4)9-16(13(12)2)19-17(22)7-6-14-10-18-21(5)11-14/h6-11H,1-5H3,(H,19,22). The number of anilines is 1. The number of benzene rings is 1. The first kappa shape index (κ1) is 18.9. The molecule has 0 aliphatic heterocycles. The molecule has 1 aromatic heterocycles. The van der Waals surface area contributed by atoms with Crippen LogP contribution in [0.2, 0.25) is 0 Å². The zero-order chi connectivity index (χ0) is 18.8. The molecule has 2 rings (SSSR count). The number of nitrogens with zero attached hydrogens (tertiary/aromatic N) is 3. The minimum Gasteiger partial charge on any atom is -0.322 e. The summed E-state index contributed by atoms with van der Waals surface area (Å²) in [5.74, 6) is -0.342. The number of carbonyl (C=O) groups excluding carboxylic acids is 1. The molecule has 1 amide bonds. The van der Waals surface area contributed by atoms with Crippen LogP contribution in [0.1, 0.15) is 16.7 Å². The first-order chi connectivity index (χ1) is 11.6. The fourth-order valence-corrected chi connectivity index (χ4v) is 3.20. The zero-order valence-electron chi connectivity index (χ0n) is 14.9. The summed E-state index contributed by atoms with van der Waals surface area (Å²) in [5.41, 5.74) is 2.88. The lowest BCUT2D eigenvalue weighted by Gasteiger charge is -2.16. The highest BCUT2D eigenvalue weighted by molar-refractivity contribution is 7.89. The van der Waals surface area contributed by atoms with Crippen LogP contribution in [0.25, 0.3) is 6.08 Å². The van der Waals surface area contributed by atoms with Gasteiger partial charge >= 0.3 is 0 Å². The fourth-order valence-electron chi connectivity index (χ4n) is 2.19. The number of amides is 1. The van der Waals surface area contributed by atoms with Crippen molar-refractivity contribution in [3.05, 3.63) is 47.3 Å². The summed E-state index contributed by atoms with van der Waals surface area (Å²) in [6.07, 6.45) is 6.46. The predicted molar refractivity (Wildman–Crippen MR) is 97.7 cm³/mol. The maximum absolute atomic E-state index is 12.3. The lowest BCUT2D eigenvalue weighted by Crippen LogP contribution is -2.22. The van der Waals surface area contributed by atoms with Crippen molar-refractivity contribution >= 4 is 27.7 Å². The van der Waals surface area contributed by atoms with Crippen molar-refractivity contribution in [2.24, 2.45) is 7.05 Å². The van der Waals surface area contributed by atoms with E-state index in [4.69, 9.17) is 0 Å². The van der Waals surface area contributed by atoms with Gasteiger partial charge < -0.3 is 5.32 Å². The summed E-state index contributed by atoms with van der Waals surface area (Å²) >= 11 is 0. The van der Waals surface area contributed by atoms with Gasteiger partial charge in [-0.15, -0.1) is 0 Å². The van der Waals surface area contributed by atoms with Crippen molar-refractivity contribution < 1.29 is 13.2 Å². The number of aryl methyl sites for hydroxylation is 2. The minimum atomic E-state index is -3.57. The van der Waals surface area contributed by atoms with Crippen molar-refractivity contribution in [1.29, 1.82) is 0 Å². The van der Waals surface area contributed by atoms with Crippen LogP contribution in [-0.2, 0) is 21.9 Å². The van der Waals surface area contributed by atoms with Crippen molar-refractivity contribution in [1.82, 2.24) is 14.1 Å². The molecule has 1 aromatic carbocycles. The van der Waals surface area contributed by atoms with Crippen LogP contribution in [-0.4, -0.2) is 42.5 Å². The first-order valence-electron chi connectivity index (χ1n) is 7.62. The highest BCUT2D eigenvalue weighted by Gasteiger charge is 2.19. The Kier molecular flexibility index (Phi) is 5.44. The lowest BCUT2D eigenvalue weighted by atomic mass is 10.1. The van der Waals surface area contributed by atoms with E-state index in [2.05, 4.69) is 10.4 Å². The van der Waals surface area contributed by atoms with Gasteiger partial charge in [-0.05, 0) is 43.2 Å². The van der Waals surface area contributed by atoms with E-state index >= 15 is 0 Å². The van der Waals surface area contributed by atoms with Gasteiger partial charge in [0.05, 0.1) is 11.1 Å². The van der Waals surface area contributed by atoms with Crippen molar-refractivity contribution in [3.8, 4) is 0 Å². The SMILES string of the molecule is Cc1cc(S(=O)(=O)N(C)C)cc(NC(=O)C=Cc2cnn(C)c2)c1C. The van der Waals surface area contributed by atoms with E-state index in [1.54, 1.807) is 36.3 Å². The van der Waals surface area contributed by atoms with Gasteiger partial charge in [-0.3, -0.25) is 9.48 Å². The molecule has 0 aliphatic carbocycles. The Morgan fingerprint density at radius 2 is 1.96 bits per heavy atom. The van der Waals surface area contributed by atoms with Gasteiger partial charge in [0.25, 0.3) is 0 Å². The second-order valence-electron chi connectivity index (χ2n) is 5.97. The van der Waals surface area contributed by atoms with Gasteiger partial charge in [0.15, 0.2) is 0 Å². The molecule has 134 valence electrons. The Labute approximate surface area is 148 Å². The summed E-state index contributed by atoms with van der Waals surface area (Å²) in [7, 11) is 1.16. The molecule has 0 bridgehead atoms. The van der Waals surface area contributed by atoms with E-state index in [1.807, 2.05) is 13.8 Å². The van der Waals surface area contributed by atoms with Crippen LogP contribution in [0.4, 0.5) is 5.69 Å². The molecule has 0 aliphatic rings. The molecule has 7 nitrogen and oxygen atoms in total. The summed E-state index contributed by atoms with van der Waals surface area (Å²) in [6.45, 7) is 3.65. The molecular formula is C17H22N4O3S. The largest absolute Gasteiger partial charge is 0.322 e. The topological polar surface area (TPSA) is 84.3 Å². The molecule has 0 spiro atoms. The highest BCUT2D eigenvalue weighted by Crippen LogP contribution is 2.25. The van der Waals surface area contributed by atoms with E-state index in [1.165, 1.54) is 26.2 Å². The second kappa shape index (κ2) is 7.20. The van der Waals surface area contributed by atoms with Crippen molar-refractivity contribution in [3.63, 3.8) is 0 Å². The Balaban J connectivity index is 2.28. The van der Waals surface area contributed by atoms with Gasteiger partial charge in [0, 0.05) is 44.7 Å². The van der Waals surface area contributed by atoms with Gasteiger partial charge in [-0.25, -0.2) is 12.7 Å². The van der Waals surface area contributed by atoms with Crippen LogP contribution in [0.15, 0.2) is 35.5 Å². The number of nitrogens with one attached hydrogen (secondary N) is 1. The van der Waals surface area contributed by atoms with Gasteiger partial charge in [0.2, 0.25) is 15.9 Å². The maximum atomic E-state index is 12.3. The molecule has 25 heavy (non-hydrogen) atoms. The quantitative estimate of drug-likeness (QED) is 0.824. The van der Waals surface area contributed by atoms with E-state index in [0.717, 1.165) is 21.0 Å². The highest BCUT2D eigenvalue weighted by atomic mass is 32.2. The molecule has 0 radical (unpaired) electrons. The molecule has 1 N–H and O–H groups in total. The van der Waals surface area contributed by atoms with Crippen LogP contribution in [0.5, 0.6) is 0 Å². The summed E-state index contributed by atoms with van der Waals surface area (Å²) in [6, 6.07) is 3.08. The Morgan fingerprint density at radius 3 is 2.52 bits per heavy atom. The van der Waals surface area contributed by atoms with Crippen LogP contribution in [0, 0.1) is 13.8 Å². The summed E-state index contributed by atoms with van der Waals surface area (Å²) in [4.78, 5) is 12.3. The Hall–Kier alpha value is -2.45. The monoisotopic (exact) mass is 362 g/mol. The van der Waals surface area contributed by atoms with Crippen LogP contribution >= 0.6 is 0 Å². The lowest BCUT2D eigenvalue weighted by molar-refractivity contribution is -0.111. The third-order valence-electron chi connectivity index (χ3n) is 3.83. The molecule has 0 saturated heterocycles. The second-order valence-corrected chi connectivity index (χ2v) is 8.12. The third-order valence-corrected chi connectivity index (χ3v) is 5.62. The van der Waals surface area contributed by atoms with E-state index in [0.29, 0.717) is 5.69 Å². The summed E-state index contributed by atoms with van der Waals surface area (Å²) in [5, 5.41) is 6.77. The average Bonchev–Trinajstić information content (AvgIpc) is 2.95. The van der Waals surface area contributed by atoms with Gasteiger partial charge in [-0.2, -0.15) is 5.10 Å². The van der Waals surface area contributed by atoms with E-state index in [9.17, 15) is 13.2 Å². The Morgan fingerprint density at radius 1 is 1.28 bits per heavy atom. The molecule has 1 heterocycles. The molecule has 2 aromatic rings. The number of sulfonamides is 1.